The van der Waals surface area contributed by atoms with Gasteiger partial charge >= 0.3 is 6.03 Å². The molecule has 0 radical (unpaired) electrons. The lowest BCUT2D eigenvalue weighted by Gasteiger charge is -2.44. The van der Waals surface area contributed by atoms with Crippen molar-refractivity contribution in [2.75, 3.05) is 18.4 Å². The number of fused-ring (bicyclic) bond motifs is 2. The Bertz CT molecular complexity index is 1010. The smallest absolute Gasteiger partial charge is 0.323 e. The third kappa shape index (κ3) is 3.20. The molecule has 1 aromatic heterocycles. The molecule has 7 heteroatoms. The largest absolute Gasteiger partial charge is 0.485 e. The van der Waals surface area contributed by atoms with Gasteiger partial charge in [0.15, 0.2) is 5.13 Å². The third-order valence-corrected chi connectivity index (χ3v) is 6.94. The minimum Gasteiger partial charge on any atom is -0.485 e. The molecule has 5 rings (SSSR count). The van der Waals surface area contributed by atoms with E-state index in [0.717, 1.165) is 41.6 Å². The first-order valence-corrected chi connectivity index (χ1v) is 10.7. The highest BCUT2D eigenvalue weighted by Crippen LogP contribution is 2.42. The van der Waals surface area contributed by atoms with E-state index in [0.29, 0.717) is 23.2 Å². The van der Waals surface area contributed by atoms with Gasteiger partial charge in [0.05, 0.1) is 15.2 Å². The average molecular weight is 414 g/mol. The molecule has 0 saturated carbocycles. The van der Waals surface area contributed by atoms with Crippen LogP contribution in [-0.4, -0.2) is 34.6 Å². The minimum absolute atomic E-state index is 0.0943. The first-order valence-electron chi connectivity index (χ1n) is 9.50. The van der Waals surface area contributed by atoms with Crippen molar-refractivity contribution < 1.29 is 9.53 Å². The van der Waals surface area contributed by atoms with Crippen LogP contribution in [0.15, 0.2) is 42.5 Å². The molecule has 2 aliphatic rings. The summed E-state index contributed by atoms with van der Waals surface area (Å²) in [7, 11) is 0. The highest BCUT2D eigenvalue weighted by molar-refractivity contribution is 7.22. The van der Waals surface area contributed by atoms with Gasteiger partial charge in [-0.25, -0.2) is 9.78 Å². The number of aromatic nitrogens is 1. The van der Waals surface area contributed by atoms with Crippen LogP contribution in [0.3, 0.4) is 0 Å². The molecule has 5 nitrogen and oxygen atoms in total. The zero-order valence-corrected chi connectivity index (χ0v) is 16.9. The van der Waals surface area contributed by atoms with Crippen molar-refractivity contribution in [3.05, 3.63) is 53.1 Å². The number of carbonyl (C=O) groups excluding carboxylic acids is 1. The summed E-state index contributed by atoms with van der Waals surface area (Å²) in [6.07, 6.45) is 3.55. The lowest BCUT2D eigenvalue weighted by molar-refractivity contribution is -0.00426. The zero-order chi connectivity index (χ0) is 19.1. The molecule has 3 aromatic rings. The molecule has 0 atom stereocenters. The van der Waals surface area contributed by atoms with Gasteiger partial charge in [0.1, 0.15) is 11.4 Å². The summed E-state index contributed by atoms with van der Waals surface area (Å²) >= 11 is 7.84. The number of urea groups is 1. The molecule has 1 N–H and O–H groups in total. The number of anilines is 1. The molecule has 2 aromatic carbocycles. The van der Waals surface area contributed by atoms with Gasteiger partial charge < -0.3 is 9.64 Å². The first kappa shape index (κ1) is 17.8. The van der Waals surface area contributed by atoms with Crippen molar-refractivity contribution in [2.24, 2.45) is 0 Å². The molecule has 1 spiro atoms. The van der Waals surface area contributed by atoms with Crippen molar-refractivity contribution in [3.63, 3.8) is 0 Å². The topological polar surface area (TPSA) is 54.5 Å². The lowest BCUT2D eigenvalue weighted by Crippen LogP contribution is -2.52. The van der Waals surface area contributed by atoms with Gasteiger partial charge in [-0.05, 0) is 36.6 Å². The summed E-state index contributed by atoms with van der Waals surface area (Å²) < 4.78 is 7.45. The van der Waals surface area contributed by atoms with Crippen LogP contribution in [-0.2, 0) is 6.42 Å². The standard InChI is InChI=1S/C21H20ClN3O2S/c22-15-5-3-4-14-8-9-21(27-18(14)15)10-12-25(13-11-21)20(26)24-19-23-16-6-1-2-7-17(16)28-19/h1-7H,8-13H2,(H,23,24,26). The summed E-state index contributed by atoms with van der Waals surface area (Å²) in [6.45, 7) is 1.33. The van der Waals surface area contributed by atoms with Crippen molar-refractivity contribution in [3.8, 4) is 5.75 Å². The minimum atomic E-state index is -0.218. The van der Waals surface area contributed by atoms with Crippen LogP contribution in [0, 0.1) is 0 Å². The van der Waals surface area contributed by atoms with E-state index in [-0.39, 0.29) is 11.6 Å². The van der Waals surface area contributed by atoms with Crippen molar-refractivity contribution >= 4 is 44.3 Å². The fraction of sp³-hybridized carbons (Fsp3) is 0.333. The normalized spacial score (nSPS) is 18.0. The molecule has 0 unspecified atom stereocenters. The first-order chi connectivity index (χ1) is 13.6. The number of hydrogen-bond acceptors (Lipinski definition) is 4. The van der Waals surface area contributed by atoms with Gasteiger partial charge in [-0.2, -0.15) is 0 Å². The Kier molecular flexibility index (Phi) is 4.40. The summed E-state index contributed by atoms with van der Waals surface area (Å²) in [5.74, 6) is 0.822. The second-order valence-corrected chi connectivity index (χ2v) is 8.85. The molecule has 2 aliphatic heterocycles. The molecule has 28 heavy (non-hydrogen) atoms. The number of halogens is 1. The van der Waals surface area contributed by atoms with Gasteiger partial charge in [0, 0.05) is 25.9 Å². The number of aryl methyl sites for hydroxylation is 1. The fourth-order valence-corrected chi connectivity index (χ4v) is 5.15. The second kappa shape index (κ2) is 6.94. The van der Waals surface area contributed by atoms with Crippen LogP contribution in [0.1, 0.15) is 24.8 Å². The van der Waals surface area contributed by atoms with E-state index < -0.39 is 0 Å². The quantitative estimate of drug-likeness (QED) is 0.585. The fourth-order valence-electron chi connectivity index (χ4n) is 4.06. The Morgan fingerprint density at radius 1 is 1.14 bits per heavy atom. The van der Waals surface area contributed by atoms with Gasteiger partial charge in [-0.15, -0.1) is 0 Å². The maximum Gasteiger partial charge on any atom is 0.323 e. The van der Waals surface area contributed by atoms with Crippen LogP contribution in [0.5, 0.6) is 5.75 Å². The Labute approximate surface area is 172 Å². The molecular weight excluding hydrogens is 394 g/mol. The number of ether oxygens (including phenoxy) is 1. The SMILES string of the molecule is O=C(Nc1nc2ccccc2s1)N1CCC2(CCc3cccc(Cl)c3O2)CC1. The van der Waals surface area contributed by atoms with Gasteiger partial charge in [-0.1, -0.05) is 47.2 Å². The zero-order valence-electron chi connectivity index (χ0n) is 15.3. The Morgan fingerprint density at radius 3 is 2.79 bits per heavy atom. The Morgan fingerprint density at radius 2 is 1.96 bits per heavy atom. The second-order valence-electron chi connectivity index (χ2n) is 7.42. The number of likely N-dealkylation sites (tertiary alicyclic amines) is 1. The molecule has 3 heterocycles. The summed E-state index contributed by atoms with van der Waals surface area (Å²) in [5, 5.41) is 4.26. The Balaban J connectivity index is 1.24. The maximum atomic E-state index is 12.7. The number of amides is 2. The summed E-state index contributed by atoms with van der Waals surface area (Å²) in [4.78, 5) is 19.0. The summed E-state index contributed by atoms with van der Waals surface area (Å²) in [6, 6.07) is 13.7. The molecular formula is C21H20ClN3O2S. The van der Waals surface area contributed by atoms with Crippen molar-refractivity contribution in [1.29, 1.82) is 0 Å². The van der Waals surface area contributed by atoms with E-state index in [1.54, 1.807) is 0 Å². The predicted molar refractivity (Wildman–Crippen MR) is 113 cm³/mol. The van der Waals surface area contributed by atoms with E-state index in [4.69, 9.17) is 16.3 Å². The predicted octanol–water partition coefficient (Wildman–Crippen LogP) is 5.34. The van der Waals surface area contributed by atoms with Crippen LogP contribution in [0.2, 0.25) is 5.02 Å². The van der Waals surface area contributed by atoms with E-state index in [9.17, 15) is 4.79 Å². The molecule has 0 aliphatic carbocycles. The van der Waals surface area contributed by atoms with Crippen molar-refractivity contribution in [2.45, 2.75) is 31.3 Å². The van der Waals surface area contributed by atoms with Crippen LogP contribution in [0.4, 0.5) is 9.93 Å². The number of piperidine rings is 1. The average Bonchev–Trinajstić information content (AvgIpc) is 3.11. The van der Waals surface area contributed by atoms with E-state index in [1.165, 1.54) is 16.9 Å². The van der Waals surface area contributed by atoms with E-state index in [1.807, 2.05) is 41.3 Å². The van der Waals surface area contributed by atoms with Crippen LogP contribution >= 0.6 is 22.9 Å². The number of para-hydroxylation sites is 2. The number of hydrogen-bond donors (Lipinski definition) is 1. The highest BCUT2D eigenvalue weighted by Gasteiger charge is 2.41. The number of nitrogens with zero attached hydrogens (tertiary/aromatic N) is 2. The van der Waals surface area contributed by atoms with Crippen LogP contribution < -0.4 is 10.1 Å². The molecule has 2 amide bonds. The summed E-state index contributed by atoms with van der Waals surface area (Å²) in [5.41, 5.74) is 1.87. The highest BCUT2D eigenvalue weighted by atomic mass is 35.5. The number of carbonyl (C=O) groups is 1. The molecule has 1 saturated heterocycles. The molecule has 144 valence electrons. The van der Waals surface area contributed by atoms with Gasteiger partial charge in [0.25, 0.3) is 0 Å². The number of nitrogens with one attached hydrogen (secondary N) is 1. The Hall–Kier alpha value is -2.31. The van der Waals surface area contributed by atoms with Gasteiger partial charge in [0.2, 0.25) is 0 Å². The molecule has 1 fully saturated rings. The third-order valence-electron chi connectivity index (χ3n) is 5.69. The van der Waals surface area contributed by atoms with E-state index >= 15 is 0 Å². The number of thiazole rings is 1. The maximum absolute atomic E-state index is 12.7. The molecule has 0 bridgehead atoms. The number of rotatable bonds is 1. The van der Waals surface area contributed by atoms with Crippen molar-refractivity contribution in [1.82, 2.24) is 9.88 Å². The van der Waals surface area contributed by atoms with E-state index in [2.05, 4.69) is 16.4 Å². The number of benzene rings is 2. The monoisotopic (exact) mass is 413 g/mol. The van der Waals surface area contributed by atoms with Gasteiger partial charge in [-0.3, -0.25) is 5.32 Å². The lowest BCUT2D eigenvalue weighted by atomic mass is 9.83. The van der Waals surface area contributed by atoms with Crippen LogP contribution in [0.25, 0.3) is 10.2 Å².